The van der Waals surface area contributed by atoms with Gasteiger partial charge in [-0.3, -0.25) is 0 Å². The average molecular weight is 257 g/mol. The Morgan fingerprint density at radius 1 is 1.35 bits per heavy atom. The van der Waals surface area contributed by atoms with Gasteiger partial charge in [0.25, 0.3) is 0 Å². The van der Waals surface area contributed by atoms with E-state index in [-0.39, 0.29) is 17.4 Å². The van der Waals surface area contributed by atoms with E-state index in [0.29, 0.717) is 5.95 Å². The molecule has 0 unspecified atom stereocenters. The Hall–Kier alpha value is -1.10. The van der Waals surface area contributed by atoms with Crippen LogP contribution >= 0.6 is 11.6 Å². The normalized spacial score (nSPS) is 15.1. The fourth-order valence-corrected chi connectivity index (χ4v) is 1.67. The maximum atomic E-state index is 5.86. The van der Waals surface area contributed by atoms with Crippen molar-refractivity contribution in [2.75, 3.05) is 18.5 Å². The summed E-state index contributed by atoms with van der Waals surface area (Å²) in [6.07, 6.45) is 2.60. The van der Waals surface area contributed by atoms with Crippen LogP contribution in [0.5, 0.6) is 6.01 Å². The first-order valence-electron chi connectivity index (χ1n) is 5.84. The minimum absolute atomic E-state index is 0.0232. The molecule has 5 nitrogen and oxygen atoms in total. The molecule has 0 aromatic carbocycles. The van der Waals surface area contributed by atoms with Crippen molar-refractivity contribution in [2.24, 2.45) is 5.92 Å². The monoisotopic (exact) mass is 256 g/mol. The van der Waals surface area contributed by atoms with Gasteiger partial charge in [0, 0.05) is 13.6 Å². The second-order valence-corrected chi connectivity index (χ2v) is 5.02. The van der Waals surface area contributed by atoms with Crippen LogP contribution in [0.1, 0.15) is 26.7 Å². The van der Waals surface area contributed by atoms with Gasteiger partial charge in [-0.15, -0.1) is 0 Å². The zero-order valence-electron chi connectivity index (χ0n) is 10.4. The van der Waals surface area contributed by atoms with Gasteiger partial charge >= 0.3 is 6.01 Å². The third kappa shape index (κ3) is 3.70. The average Bonchev–Trinajstić information content (AvgIpc) is 2.99. The van der Waals surface area contributed by atoms with Crippen LogP contribution in [0.2, 0.25) is 5.28 Å². The first kappa shape index (κ1) is 12.4. The van der Waals surface area contributed by atoms with Crippen LogP contribution in [0.25, 0.3) is 0 Å². The van der Waals surface area contributed by atoms with E-state index >= 15 is 0 Å². The minimum Gasteiger partial charge on any atom is -0.461 e. The summed E-state index contributed by atoms with van der Waals surface area (Å²) in [6.45, 7) is 4.80. The van der Waals surface area contributed by atoms with Gasteiger partial charge in [-0.25, -0.2) is 0 Å². The Balaban J connectivity index is 2.11. The summed E-state index contributed by atoms with van der Waals surface area (Å²) in [5.74, 6) is 1.34. The molecule has 0 aliphatic heterocycles. The van der Waals surface area contributed by atoms with Crippen molar-refractivity contribution >= 4 is 17.5 Å². The fraction of sp³-hybridized carbons (Fsp3) is 0.727. The molecule has 0 bridgehead atoms. The second kappa shape index (κ2) is 5.04. The molecule has 1 heterocycles. The summed E-state index contributed by atoms with van der Waals surface area (Å²) in [6, 6.07) is 0.289. The number of aromatic nitrogens is 3. The van der Waals surface area contributed by atoms with Gasteiger partial charge in [-0.05, 0) is 44.2 Å². The summed E-state index contributed by atoms with van der Waals surface area (Å²) >= 11 is 5.86. The number of halogens is 1. The zero-order valence-corrected chi connectivity index (χ0v) is 11.1. The van der Waals surface area contributed by atoms with E-state index in [9.17, 15) is 0 Å². The number of rotatable bonds is 5. The van der Waals surface area contributed by atoms with E-state index in [4.69, 9.17) is 16.3 Å². The van der Waals surface area contributed by atoms with Crippen molar-refractivity contribution in [1.82, 2.24) is 15.0 Å². The topological polar surface area (TPSA) is 51.1 Å². The summed E-state index contributed by atoms with van der Waals surface area (Å²) in [5.41, 5.74) is 0. The molecule has 1 aliphatic carbocycles. The standard InChI is InChI=1S/C11H17ClN4O/c1-7(2)17-11-14-9(12)13-10(15-11)16(3)6-8-4-5-8/h7-8H,4-6H2,1-3H3. The number of hydrogen-bond acceptors (Lipinski definition) is 5. The second-order valence-electron chi connectivity index (χ2n) is 4.68. The van der Waals surface area contributed by atoms with Gasteiger partial charge in [-0.2, -0.15) is 15.0 Å². The minimum atomic E-state index is 0.0232. The van der Waals surface area contributed by atoms with Crippen LogP contribution in [-0.4, -0.2) is 34.6 Å². The van der Waals surface area contributed by atoms with Crippen LogP contribution in [0.4, 0.5) is 5.95 Å². The fourth-order valence-electron chi connectivity index (χ4n) is 1.53. The molecule has 0 saturated heterocycles. The van der Waals surface area contributed by atoms with E-state index in [0.717, 1.165) is 12.5 Å². The van der Waals surface area contributed by atoms with E-state index in [1.54, 1.807) is 0 Å². The molecule has 6 heteroatoms. The highest BCUT2D eigenvalue weighted by molar-refractivity contribution is 6.28. The van der Waals surface area contributed by atoms with Crippen molar-refractivity contribution in [3.8, 4) is 6.01 Å². The molecule has 1 fully saturated rings. The quantitative estimate of drug-likeness (QED) is 0.808. The predicted octanol–water partition coefficient (Wildman–Crippen LogP) is 2.16. The lowest BCUT2D eigenvalue weighted by Crippen LogP contribution is -2.23. The number of hydrogen-bond donors (Lipinski definition) is 0. The van der Waals surface area contributed by atoms with Crippen molar-refractivity contribution in [1.29, 1.82) is 0 Å². The smallest absolute Gasteiger partial charge is 0.322 e. The first-order chi connectivity index (χ1) is 8.04. The molecule has 94 valence electrons. The largest absolute Gasteiger partial charge is 0.461 e. The van der Waals surface area contributed by atoms with Crippen LogP contribution < -0.4 is 9.64 Å². The SMILES string of the molecule is CC(C)Oc1nc(Cl)nc(N(C)CC2CC2)n1. The molecule has 1 aromatic heterocycles. The zero-order chi connectivity index (χ0) is 12.4. The Labute approximate surface area is 106 Å². The third-order valence-electron chi connectivity index (χ3n) is 2.49. The number of ether oxygens (including phenoxy) is 1. The number of nitrogens with zero attached hydrogens (tertiary/aromatic N) is 4. The number of anilines is 1. The lowest BCUT2D eigenvalue weighted by Gasteiger charge is -2.17. The Bertz CT molecular complexity index is 395. The van der Waals surface area contributed by atoms with Crippen molar-refractivity contribution < 1.29 is 4.74 Å². The van der Waals surface area contributed by atoms with Crippen LogP contribution in [0.3, 0.4) is 0 Å². The Morgan fingerprint density at radius 3 is 2.65 bits per heavy atom. The van der Waals surface area contributed by atoms with E-state index in [2.05, 4.69) is 15.0 Å². The first-order valence-corrected chi connectivity index (χ1v) is 6.21. The Morgan fingerprint density at radius 2 is 2.06 bits per heavy atom. The van der Waals surface area contributed by atoms with Crippen molar-refractivity contribution in [3.63, 3.8) is 0 Å². The summed E-state index contributed by atoms with van der Waals surface area (Å²) in [7, 11) is 1.96. The molecule has 17 heavy (non-hydrogen) atoms. The highest BCUT2D eigenvalue weighted by Crippen LogP contribution is 2.30. The maximum absolute atomic E-state index is 5.86. The lowest BCUT2D eigenvalue weighted by atomic mass is 10.4. The van der Waals surface area contributed by atoms with E-state index in [1.165, 1.54) is 12.8 Å². The van der Waals surface area contributed by atoms with E-state index < -0.39 is 0 Å². The van der Waals surface area contributed by atoms with Crippen molar-refractivity contribution in [3.05, 3.63) is 5.28 Å². The highest BCUT2D eigenvalue weighted by Gasteiger charge is 2.24. The molecule has 1 aromatic rings. The summed E-state index contributed by atoms with van der Waals surface area (Å²) in [4.78, 5) is 14.3. The summed E-state index contributed by atoms with van der Waals surface area (Å²) < 4.78 is 5.43. The van der Waals surface area contributed by atoms with Gasteiger partial charge in [0.15, 0.2) is 0 Å². The van der Waals surface area contributed by atoms with Gasteiger partial charge in [0.1, 0.15) is 0 Å². The molecule has 1 aliphatic rings. The molecular formula is C11H17ClN4O. The molecule has 0 spiro atoms. The van der Waals surface area contributed by atoms with Gasteiger partial charge in [0.05, 0.1) is 6.10 Å². The van der Waals surface area contributed by atoms with Crippen molar-refractivity contribution in [2.45, 2.75) is 32.8 Å². The highest BCUT2D eigenvalue weighted by atomic mass is 35.5. The molecule has 0 amide bonds. The molecule has 0 atom stereocenters. The summed E-state index contributed by atoms with van der Waals surface area (Å²) in [5, 5.41) is 0.174. The Kier molecular flexibility index (Phi) is 3.66. The van der Waals surface area contributed by atoms with Crippen LogP contribution in [0, 0.1) is 5.92 Å². The lowest BCUT2D eigenvalue weighted by molar-refractivity contribution is 0.221. The third-order valence-corrected chi connectivity index (χ3v) is 2.66. The maximum Gasteiger partial charge on any atom is 0.322 e. The molecule has 1 saturated carbocycles. The molecule has 0 radical (unpaired) electrons. The molecule has 0 N–H and O–H groups in total. The van der Waals surface area contributed by atoms with E-state index in [1.807, 2.05) is 25.8 Å². The van der Waals surface area contributed by atoms with Gasteiger partial charge in [0.2, 0.25) is 11.2 Å². The molecular weight excluding hydrogens is 240 g/mol. The van der Waals surface area contributed by atoms with Crippen LogP contribution in [-0.2, 0) is 0 Å². The van der Waals surface area contributed by atoms with Gasteiger partial charge < -0.3 is 9.64 Å². The van der Waals surface area contributed by atoms with Gasteiger partial charge in [-0.1, -0.05) is 0 Å². The predicted molar refractivity (Wildman–Crippen MR) is 66.6 cm³/mol. The molecule has 2 rings (SSSR count). The van der Waals surface area contributed by atoms with Crippen LogP contribution in [0.15, 0.2) is 0 Å².